The molecule has 1 heterocycles. The molecular weight excluding hydrogens is 248 g/mol. The summed E-state index contributed by atoms with van der Waals surface area (Å²) in [7, 11) is 0. The molecule has 0 N–H and O–H groups in total. The lowest BCUT2D eigenvalue weighted by atomic mass is 9.99. The van der Waals surface area contributed by atoms with Crippen molar-refractivity contribution in [2.24, 2.45) is 0 Å². The first kappa shape index (κ1) is 11.0. The minimum absolute atomic E-state index is 1.08. The molecule has 0 nitrogen and oxygen atoms in total. The van der Waals surface area contributed by atoms with E-state index in [-0.39, 0.29) is 0 Å². The molecule has 0 saturated carbocycles. The molecule has 92 valence electrons. The van der Waals surface area contributed by atoms with Gasteiger partial charge in [0.05, 0.1) is 0 Å². The maximum absolute atomic E-state index is 2.39. The summed E-state index contributed by atoms with van der Waals surface area (Å²) >= 11 is 1.91. The van der Waals surface area contributed by atoms with Crippen LogP contribution in [0.2, 0.25) is 0 Å². The third kappa shape index (κ3) is 1.52. The molecule has 0 bridgehead atoms. The molecular formula is C18H14S. The topological polar surface area (TPSA) is 0 Å². The number of benzene rings is 3. The summed E-state index contributed by atoms with van der Waals surface area (Å²) in [6, 6.07) is 19.9. The van der Waals surface area contributed by atoms with Crippen molar-refractivity contribution in [1.82, 2.24) is 0 Å². The van der Waals surface area contributed by atoms with Crippen LogP contribution in [0.25, 0.3) is 30.9 Å². The van der Waals surface area contributed by atoms with Crippen molar-refractivity contribution in [1.29, 1.82) is 0 Å². The zero-order valence-corrected chi connectivity index (χ0v) is 11.6. The van der Waals surface area contributed by atoms with Crippen molar-refractivity contribution >= 4 is 42.3 Å². The van der Waals surface area contributed by atoms with Crippen molar-refractivity contribution in [3.05, 3.63) is 60.2 Å². The van der Waals surface area contributed by atoms with Crippen LogP contribution < -0.4 is 0 Å². The normalized spacial score (nSPS) is 11.6. The Bertz CT molecular complexity index is 899. The van der Waals surface area contributed by atoms with Crippen LogP contribution in [-0.2, 0) is 6.42 Å². The van der Waals surface area contributed by atoms with Crippen LogP contribution in [0, 0.1) is 0 Å². The molecule has 19 heavy (non-hydrogen) atoms. The van der Waals surface area contributed by atoms with Crippen LogP contribution in [0.3, 0.4) is 0 Å². The zero-order valence-electron chi connectivity index (χ0n) is 10.8. The van der Waals surface area contributed by atoms with Crippen LogP contribution in [0.15, 0.2) is 54.6 Å². The molecule has 0 atom stereocenters. The third-order valence-corrected chi connectivity index (χ3v) is 5.07. The van der Waals surface area contributed by atoms with Gasteiger partial charge in [0.15, 0.2) is 0 Å². The molecule has 0 aliphatic carbocycles. The van der Waals surface area contributed by atoms with E-state index in [2.05, 4.69) is 61.5 Å². The lowest BCUT2D eigenvalue weighted by Crippen LogP contribution is -1.83. The van der Waals surface area contributed by atoms with Crippen LogP contribution in [-0.4, -0.2) is 0 Å². The first-order chi connectivity index (χ1) is 9.38. The Morgan fingerprint density at radius 1 is 0.789 bits per heavy atom. The summed E-state index contributed by atoms with van der Waals surface area (Å²) < 4.78 is 2.81. The molecule has 0 aliphatic rings. The largest absolute Gasteiger partial charge is 0.135 e. The molecule has 1 heteroatoms. The number of rotatable bonds is 1. The van der Waals surface area contributed by atoms with Gasteiger partial charge in [0.2, 0.25) is 0 Å². The van der Waals surface area contributed by atoms with Gasteiger partial charge in [-0.3, -0.25) is 0 Å². The van der Waals surface area contributed by atoms with Gasteiger partial charge in [-0.2, -0.15) is 0 Å². The zero-order chi connectivity index (χ0) is 12.8. The smallest absolute Gasteiger partial charge is 0.0434 e. The molecule has 1 aromatic heterocycles. The van der Waals surface area contributed by atoms with Crippen molar-refractivity contribution in [3.8, 4) is 0 Å². The molecule has 0 amide bonds. The predicted molar refractivity (Wildman–Crippen MR) is 86.2 cm³/mol. The Morgan fingerprint density at radius 3 is 2.26 bits per heavy atom. The summed E-state index contributed by atoms with van der Waals surface area (Å²) in [5.41, 5.74) is 1.45. The van der Waals surface area contributed by atoms with E-state index < -0.39 is 0 Å². The Hall–Kier alpha value is -1.86. The Labute approximate surface area is 116 Å². The minimum Gasteiger partial charge on any atom is -0.135 e. The van der Waals surface area contributed by atoms with Gasteiger partial charge in [0, 0.05) is 20.2 Å². The van der Waals surface area contributed by atoms with Crippen molar-refractivity contribution in [3.63, 3.8) is 0 Å². The average molecular weight is 262 g/mol. The highest BCUT2D eigenvalue weighted by Crippen LogP contribution is 2.39. The van der Waals surface area contributed by atoms with Gasteiger partial charge in [-0.15, -0.1) is 11.3 Å². The molecule has 0 unspecified atom stereocenters. The van der Waals surface area contributed by atoms with E-state index in [9.17, 15) is 0 Å². The molecule has 4 aromatic rings. The molecule has 0 fully saturated rings. The second-order valence-corrected chi connectivity index (χ2v) is 5.96. The van der Waals surface area contributed by atoms with Gasteiger partial charge in [-0.1, -0.05) is 49.4 Å². The van der Waals surface area contributed by atoms with Crippen molar-refractivity contribution < 1.29 is 0 Å². The Balaban J connectivity index is 2.32. The number of thiophene rings is 1. The quantitative estimate of drug-likeness (QED) is 0.408. The maximum atomic E-state index is 2.39. The highest BCUT2D eigenvalue weighted by Gasteiger charge is 2.10. The van der Waals surface area contributed by atoms with E-state index in [1.807, 2.05) is 11.3 Å². The molecule has 3 aromatic carbocycles. The van der Waals surface area contributed by atoms with Gasteiger partial charge in [-0.05, 0) is 34.9 Å². The average Bonchev–Trinajstić information content (AvgIpc) is 2.85. The Kier molecular flexibility index (Phi) is 2.36. The van der Waals surface area contributed by atoms with E-state index in [1.54, 1.807) is 0 Å². The predicted octanol–water partition coefficient (Wildman–Crippen LogP) is 5.77. The van der Waals surface area contributed by atoms with E-state index >= 15 is 0 Å². The number of aryl methyl sites for hydroxylation is 1. The molecule has 0 saturated heterocycles. The SMILES string of the molecule is CCc1cc2c3ccccc3sc2c2ccccc12. The van der Waals surface area contributed by atoms with E-state index in [4.69, 9.17) is 0 Å². The van der Waals surface area contributed by atoms with Crippen molar-refractivity contribution in [2.45, 2.75) is 13.3 Å². The first-order valence-electron chi connectivity index (χ1n) is 6.70. The van der Waals surface area contributed by atoms with Gasteiger partial charge < -0.3 is 0 Å². The number of hydrogen-bond acceptors (Lipinski definition) is 1. The monoisotopic (exact) mass is 262 g/mol. The van der Waals surface area contributed by atoms with Crippen LogP contribution in [0.4, 0.5) is 0 Å². The van der Waals surface area contributed by atoms with Crippen molar-refractivity contribution in [2.75, 3.05) is 0 Å². The summed E-state index contributed by atoms with van der Waals surface area (Å²) in [4.78, 5) is 0. The standard InChI is InChI=1S/C18H14S/c1-2-12-11-16-14-8-5-6-10-17(14)19-18(16)15-9-4-3-7-13(12)15/h3-11H,2H2,1H3. The first-order valence-corrected chi connectivity index (χ1v) is 7.52. The second kappa shape index (κ2) is 4.07. The van der Waals surface area contributed by atoms with Gasteiger partial charge >= 0.3 is 0 Å². The van der Waals surface area contributed by atoms with Gasteiger partial charge in [-0.25, -0.2) is 0 Å². The fraction of sp³-hybridized carbons (Fsp3) is 0.111. The lowest BCUT2D eigenvalue weighted by Gasteiger charge is -2.06. The lowest BCUT2D eigenvalue weighted by molar-refractivity contribution is 1.16. The van der Waals surface area contributed by atoms with Crippen LogP contribution >= 0.6 is 11.3 Å². The van der Waals surface area contributed by atoms with Gasteiger partial charge in [0.1, 0.15) is 0 Å². The molecule has 4 rings (SSSR count). The third-order valence-electron chi connectivity index (χ3n) is 3.85. The fourth-order valence-corrected chi connectivity index (χ4v) is 4.14. The summed E-state index contributed by atoms with van der Waals surface area (Å²) in [5, 5.41) is 5.61. The minimum atomic E-state index is 1.08. The van der Waals surface area contributed by atoms with E-state index in [0.717, 1.165) is 6.42 Å². The summed E-state index contributed by atoms with van der Waals surface area (Å²) in [6.07, 6.45) is 1.08. The highest BCUT2D eigenvalue weighted by molar-refractivity contribution is 7.26. The number of hydrogen-bond donors (Lipinski definition) is 0. The van der Waals surface area contributed by atoms with E-state index in [0.29, 0.717) is 0 Å². The summed E-state index contributed by atoms with van der Waals surface area (Å²) in [5.74, 6) is 0. The van der Waals surface area contributed by atoms with Crippen LogP contribution in [0.5, 0.6) is 0 Å². The maximum Gasteiger partial charge on any atom is 0.0434 e. The molecule has 0 spiro atoms. The highest BCUT2D eigenvalue weighted by atomic mass is 32.1. The number of fused-ring (bicyclic) bond motifs is 5. The molecule has 0 radical (unpaired) electrons. The van der Waals surface area contributed by atoms with Crippen LogP contribution in [0.1, 0.15) is 12.5 Å². The Morgan fingerprint density at radius 2 is 1.47 bits per heavy atom. The van der Waals surface area contributed by atoms with Gasteiger partial charge in [0.25, 0.3) is 0 Å². The summed E-state index contributed by atoms with van der Waals surface area (Å²) in [6.45, 7) is 2.24. The van der Waals surface area contributed by atoms with E-state index in [1.165, 1.54) is 36.5 Å². The molecule has 0 aliphatic heterocycles. The fourth-order valence-electron chi connectivity index (χ4n) is 2.91. The second-order valence-electron chi connectivity index (χ2n) is 4.91.